The maximum atomic E-state index is 5.99. The number of nitrogens with zero attached hydrogens (tertiary/aromatic N) is 3. The first-order valence-electron chi connectivity index (χ1n) is 10.5. The number of para-hydroxylation sites is 1. The third-order valence-electron chi connectivity index (χ3n) is 5.45. The molecule has 1 unspecified atom stereocenters. The Labute approximate surface area is 192 Å². The fourth-order valence-corrected chi connectivity index (χ4v) is 3.68. The summed E-state index contributed by atoms with van der Waals surface area (Å²) in [6.45, 7) is 14.6. The van der Waals surface area contributed by atoms with Gasteiger partial charge in [-0.25, -0.2) is 4.99 Å². The van der Waals surface area contributed by atoms with Crippen LogP contribution in [0.25, 0.3) is 11.0 Å². The molecule has 1 atom stereocenters. The van der Waals surface area contributed by atoms with Crippen LogP contribution in [0.5, 0.6) is 0 Å². The number of halogens is 1. The van der Waals surface area contributed by atoms with Gasteiger partial charge in [0, 0.05) is 56.8 Å². The standard InChI is InChI=1S/C22H35N5O.HI/c1-5-23-22(24-14-17(2)16-27-12-10-26(4)11-13-27)25-15-21-18(3)19-8-6-7-9-20(19)28-21;/h6-9,17H,5,10-16H2,1-4H3,(H2,23,24,25);1H. The molecule has 2 heterocycles. The number of rotatable bonds is 7. The monoisotopic (exact) mass is 513 g/mol. The molecule has 1 aromatic carbocycles. The number of likely N-dealkylation sites (N-methyl/N-ethyl adjacent to an activating group) is 1. The van der Waals surface area contributed by atoms with E-state index >= 15 is 0 Å². The van der Waals surface area contributed by atoms with E-state index in [-0.39, 0.29) is 24.0 Å². The maximum absolute atomic E-state index is 5.99. The van der Waals surface area contributed by atoms with Crippen molar-refractivity contribution in [2.75, 3.05) is 52.9 Å². The molecule has 0 spiro atoms. The molecule has 0 amide bonds. The fraction of sp³-hybridized carbons (Fsp3) is 0.591. The number of fused-ring (bicyclic) bond motifs is 1. The Kier molecular flexibility index (Phi) is 9.71. The lowest BCUT2D eigenvalue weighted by Gasteiger charge is -2.34. The lowest BCUT2D eigenvalue weighted by Crippen LogP contribution is -2.47. The van der Waals surface area contributed by atoms with E-state index in [9.17, 15) is 0 Å². The highest BCUT2D eigenvalue weighted by Gasteiger charge is 2.16. The number of benzene rings is 1. The zero-order valence-corrected chi connectivity index (χ0v) is 20.5. The Morgan fingerprint density at radius 3 is 2.59 bits per heavy atom. The fourth-order valence-electron chi connectivity index (χ4n) is 3.68. The van der Waals surface area contributed by atoms with Crippen LogP contribution in [-0.2, 0) is 6.54 Å². The first-order valence-corrected chi connectivity index (χ1v) is 10.5. The second-order valence-corrected chi connectivity index (χ2v) is 7.93. The van der Waals surface area contributed by atoms with Crippen molar-refractivity contribution in [3.8, 4) is 0 Å². The molecule has 1 aromatic heterocycles. The van der Waals surface area contributed by atoms with Gasteiger partial charge in [0.15, 0.2) is 5.96 Å². The minimum Gasteiger partial charge on any atom is -0.459 e. The summed E-state index contributed by atoms with van der Waals surface area (Å²) in [6.07, 6.45) is 0. The molecule has 1 fully saturated rings. The third kappa shape index (κ3) is 6.86. The molecule has 29 heavy (non-hydrogen) atoms. The van der Waals surface area contributed by atoms with E-state index < -0.39 is 0 Å². The zero-order valence-electron chi connectivity index (χ0n) is 18.2. The van der Waals surface area contributed by atoms with E-state index in [2.05, 4.69) is 54.3 Å². The number of aryl methyl sites for hydroxylation is 1. The Morgan fingerprint density at radius 2 is 1.90 bits per heavy atom. The van der Waals surface area contributed by atoms with Gasteiger partial charge >= 0.3 is 0 Å². The molecule has 1 aliphatic rings. The van der Waals surface area contributed by atoms with Crippen LogP contribution in [0.4, 0.5) is 0 Å². The minimum absolute atomic E-state index is 0. The van der Waals surface area contributed by atoms with Crippen LogP contribution in [0.1, 0.15) is 25.2 Å². The van der Waals surface area contributed by atoms with Crippen molar-refractivity contribution in [3.63, 3.8) is 0 Å². The van der Waals surface area contributed by atoms with Gasteiger partial charge in [-0.3, -0.25) is 0 Å². The highest BCUT2D eigenvalue weighted by atomic mass is 127. The third-order valence-corrected chi connectivity index (χ3v) is 5.45. The van der Waals surface area contributed by atoms with Crippen molar-refractivity contribution in [3.05, 3.63) is 35.6 Å². The number of hydrogen-bond donors (Lipinski definition) is 2. The molecule has 3 rings (SSSR count). The summed E-state index contributed by atoms with van der Waals surface area (Å²) in [6, 6.07) is 8.17. The molecule has 1 saturated heterocycles. The molecule has 7 heteroatoms. The van der Waals surface area contributed by atoms with Gasteiger partial charge in [0.1, 0.15) is 17.9 Å². The summed E-state index contributed by atoms with van der Waals surface area (Å²) in [5.74, 6) is 2.36. The van der Waals surface area contributed by atoms with Crippen LogP contribution >= 0.6 is 24.0 Å². The van der Waals surface area contributed by atoms with Crippen LogP contribution < -0.4 is 10.6 Å². The summed E-state index contributed by atoms with van der Waals surface area (Å²) in [7, 11) is 2.20. The minimum atomic E-state index is 0. The quantitative estimate of drug-likeness (QED) is 0.338. The number of aliphatic imine (C=N–C) groups is 1. The summed E-state index contributed by atoms with van der Waals surface area (Å²) >= 11 is 0. The molecule has 2 aromatic rings. The van der Waals surface area contributed by atoms with E-state index in [1.165, 1.54) is 37.1 Å². The molecule has 0 saturated carbocycles. The normalized spacial score (nSPS) is 17.2. The van der Waals surface area contributed by atoms with E-state index in [4.69, 9.17) is 9.41 Å². The average Bonchev–Trinajstić information content (AvgIpc) is 3.02. The van der Waals surface area contributed by atoms with Gasteiger partial charge in [0.25, 0.3) is 0 Å². The van der Waals surface area contributed by atoms with Gasteiger partial charge < -0.3 is 24.9 Å². The summed E-state index contributed by atoms with van der Waals surface area (Å²) in [5, 5.41) is 8.02. The molecule has 2 N–H and O–H groups in total. The number of piperazine rings is 1. The Balaban J connectivity index is 0.00000300. The average molecular weight is 513 g/mol. The largest absolute Gasteiger partial charge is 0.459 e. The first kappa shape index (κ1) is 24.0. The molecule has 6 nitrogen and oxygen atoms in total. The molecule has 0 aliphatic carbocycles. The summed E-state index contributed by atoms with van der Waals surface area (Å²) in [5.41, 5.74) is 2.11. The molecule has 162 valence electrons. The molecular formula is C22H36IN5O. The SMILES string of the molecule is CCNC(=NCc1oc2ccccc2c1C)NCC(C)CN1CCN(C)CC1.I. The van der Waals surface area contributed by atoms with Gasteiger partial charge in [-0.15, -0.1) is 24.0 Å². The van der Waals surface area contributed by atoms with E-state index in [0.29, 0.717) is 12.5 Å². The van der Waals surface area contributed by atoms with E-state index in [1.54, 1.807) is 0 Å². The second kappa shape index (κ2) is 11.8. The van der Waals surface area contributed by atoms with E-state index in [1.807, 2.05) is 18.2 Å². The molecular weight excluding hydrogens is 477 g/mol. The number of nitrogens with one attached hydrogen (secondary N) is 2. The van der Waals surface area contributed by atoms with Gasteiger partial charge in [-0.05, 0) is 32.9 Å². The van der Waals surface area contributed by atoms with Crippen molar-refractivity contribution in [1.29, 1.82) is 0 Å². The molecule has 0 radical (unpaired) electrons. The topological polar surface area (TPSA) is 56.0 Å². The van der Waals surface area contributed by atoms with Gasteiger partial charge in [0.05, 0.1) is 0 Å². The number of guanidine groups is 1. The smallest absolute Gasteiger partial charge is 0.191 e. The van der Waals surface area contributed by atoms with Crippen LogP contribution in [0.15, 0.2) is 33.7 Å². The van der Waals surface area contributed by atoms with Gasteiger partial charge in [-0.1, -0.05) is 25.1 Å². The summed E-state index contributed by atoms with van der Waals surface area (Å²) in [4.78, 5) is 9.71. The van der Waals surface area contributed by atoms with Gasteiger partial charge in [-0.2, -0.15) is 0 Å². The zero-order chi connectivity index (χ0) is 19.9. The van der Waals surface area contributed by atoms with Crippen molar-refractivity contribution < 1.29 is 4.42 Å². The molecule has 0 bridgehead atoms. The predicted molar refractivity (Wildman–Crippen MR) is 132 cm³/mol. The van der Waals surface area contributed by atoms with Crippen molar-refractivity contribution in [2.24, 2.45) is 10.9 Å². The highest BCUT2D eigenvalue weighted by molar-refractivity contribution is 14.0. The van der Waals surface area contributed by atoms with Crippen molar-refractivity contribution in [1.82, 2.24) is 20.4 Å². The molecule has 1 aliphatic heterocycles. The predicted octanol–water partition coefficient (Wildman–Crippen LogP) is 3.30. The number of furan rings is 1. The lowest BCUT2D eigenvalue weighted by atomic mass is 10.1. The Hall–Kier alpha value is -1.32. The first-order chi connectivity index (χ1) is 13.6. The van der Waals surface area contributed by atoms with Crippen LogP contribution in [-0.4, -0.2) is 68.6 Å². The van der Waals surface area contributed by atoms with Crippen LogP contribution in [0, 0.1) is 12.8 Å². The maximum Gasteiger partial charge on any atom is 0.191 e. The van der Waals surface area contributed by atoms with E-state index in [0.717, 1.165) is 36.9 Å². The Morgan fingerprint density at radius 1 is 1.17 bits per heavy atom. The Bertz CT molecular complexity index is 783. The van der Waals surface area contributed by atoms with Gasteiger partial charge in [0.2, 0.25) is 0 Å². The van der Waals surface area contributed by atoms with Crippen LogP contribution in [0.2, 0.25) is 0 Å². The summed E-state index contributed by atoms with van der Waals surface area (Å²) < 4.78 is 5.99. The van der Waals surface area contributed by atoms with Crippen LogP contribution in [0.3, 0.4) is 0 Å². The lowest BCUT2D eigenvalue weighted by molar-refractivity contribution is 0.139. The van der Waals surface area contributed by atoms with Crippen molar-refractivity contribution in [2.45, 2.75) is 27.3 Å². The highest BCUT2D eigenvalue weighted by Crippen LogP contribution is 2.25. The number of hydrogen-bond acceptors (Lipinski definition) is 4. The van der Waals surface area contributed by atoms with Crippen molar-refractivity contribution >= 4 is 40.9 Å². The second-order valence-electron chi connectivity index (χ2n) is 7.93.